The molecule has 2 atom stereocenters. The summed E-state index contributed by atoms with van der Waals surface area (Å²) in [4.78, 5) is 9.77. The molecule has 6 aromatic rings. The minimum absolute atomic E-state index is 0.254. The van der Waals surface area contributed by atoms with Gasteiger partial charge in [0.25, 0.3) is 0 Å². The summed E-state index contributed by atoms with van der Waals surface area (Å²) in [6, 6.07) is 31.0. The van der Waals surface area contributed by atoms with Gasteiger partial charge < -0.3 is 24.0 Å². The van der Waals surface area contributed by atoms with Crippen LogP contribution in [0, 0.1) is 0 Å². The molecule has 0 radical (unpaired) electrons. The Kier molecular flexibility index (Phi) is 9.44. The molecule has 8 rings (SSSR count). The van der Waals surface area contributed by atoms with Crippen LogP contribution in [0.15, 0.2) is 104 Å². The molecule has 2 saturated heterocycles. The van der Waals surface area contributed by atoms with E-state index in [0.717, 1.165) is 61.2 Å². The van der Waals surface area contributed by atoms with E-state index in [-0.39, 0.29) is 6.10 Å². The molecule has 2 aliphatic heterocycles. The van der Waals surface area contributed by atoms with Crippen LogP contribution in [-0.2, 0) is 34.6 Å². The second-order valence-corrected chi connectivity index (χ2v) is 14.0. The fourth-order valence-corrected chi connectivity index (χ4v) is 7.54. The van der Waals surface area contributed by atoms with E-state index in [9.17, 15) is 0 Å². The third-order valence-electron chi connectivity index (χ3n) is 9.04. The van der Waals surface area contributed by atoms with Crippen LogP contribution < -0.4 is 14.5 Å². The van der Waals surface area contributed by atoms with E-state index in [2.05, 4.69) is 96.1 Å². The molecule has 3 aromatic carbocycles. The van der Waals surface area contributed by atoms with E-state index in [4.69, 9.17) is 25.8 Å². The topological polar surface area (TPSA) is 108 Å². The van der Waals surface area contributed by atoms with Crippen LogP contribution in [-0.4, -0.2) is 80.5 Å². The van der Waals surface area contributed by atoms with E-state index >= 15 is 0 Å². The largest absolute Gasteiger partial charge is 0.491 e. The second kappa shape index (κ2) is 14.6. The third kappa shape index (κ3) is 7.22. The number of aromatic nitrogens is 7. The maximum absolute atomic E-state index is 6.46. The van der Waals surface area contributed by atoms with E-state index in [0.29, 0.717) is 24.1 Å². The highest BCUT2D eigenvalue weighted by atomic mass is 35.5. The summed E-state index contributed by atoms with van der Waals surface area (Å²) in [7, 11) is 0. The lowest BCUT2D eigenvalue weighted by Crippen LogP contribution is -2.46. The van der Waals surface area contributed by atoms with Gasteiger partial charge in [0, 0.05) is 44.0 Å². The Bertz CT molecular complexity index is 1960. The third-order valence-corrected chi connectivity index (χ3v) is 10.4. The molecule has 12 nitrogen and oxygen atoms in total. The first-order valence-electron chi connectivity index (χ1n) is 16.6. The molecule has 0 spiro atoms. The first-order valence-corrected chi connectivity index (χ1v) is 17.8. The first kappa shape index (κ1) is 32.4. The van der Waals surface area contributed by atoms with Crippen LogP contribution in [0.4, 0.5) is 11.4 Å². The van der Waals surface area contributed by atoms with Crippen LogP contribution in [0.5, 0.6) is 5.75 Å². The summed E-state index contributed by atoms with van der Waals surface area (Å²) in [5, 5.41) is 16.7. The van der Waals surface area contributed by atoms with Gasteiger partial charge in [-0.15, -0.1) is 16.4 Å². The zero-order valence-electron chi connectivity index (χ0n) is 27.3. The van der Waals surface area contributed by atoms with E-state index in [1.54, 1.807) is 11.0 Å². The molecule has 256 valence electrons. The van der Waals surface area contributed by atoms with Gasteiger partial charge >= 0.3 is 0 Å². The van der Waals surface area contributed by atoms with Crippen molar-refractivity contribution in [3.63, 3.8) is 0 Å². The molecule has 0 aliphatic carbocycles. The molecule has 3 aromatic heterocycles. The Labute approximate surface area is 298 Å². The predicted molar refractivity (Wildman–Crippen MR) is 191 cm³/mol. The average Bonchev–Trinajstić information content (AvgIpc) is 4.00. The van der Waals surface area contributed by atoms with Gasteiger partial charge in [0.05, 0.1) is 21.5 Å². The van der Waals surface area contributed by atoms with Crippen molar-refractivity contribution in [2.75, 3.05) is 49.2 Å². The first-order chi connectivity index (χ1) is 24.6. The monoisotopic (exact) mass is 709 g/mol. The normalized spacial score (nSPS) is 19.3. The Morgan fingerprint density at radius 3 is 2.24 bits per heavy atom. The average molecular weight is 710 g/mol. The van der Waals surface area contributed by atoms with Crippen molar-refractivity contribution in [3.05, 3.63) is 124 Å². The number of piperazine rings is 1. The second-order valence-electron chi connectivity index (χ2n) is 12.3. The van der Waals surface area contributed by atoms with E-state index < -0.39 is 5.79 Å². The predicted octanol–water partition coefficient (Wildman–Crippen LogP) is 5.43. The SMILES string of the molecule is Clc1ccc(C2(Cn3cncn3)OCC(COc3ccc(N4CCN(c5ccc(-n6nnnc6CCc6ccccc6)cc5)CC4)cc3)O2)s1. The fourth-order valence-electron chi connectivity index (χ4n) is 6.42. The molecular weight excluding hydrogens is 674 g/mol. The van der Waals surface area contributed by atoms with Crippen molar-refractivity contribution in [2.45, 2.75) is 31.3 Å². The summed E-state index contributed by atoms with van der Waals surface area (Å²) < 4.78 is 23.1. The number of rotatable bonds is 12. The van der Waals surface area contributed by atoms with Gasteiger partial charge in [0.1, 0.15) is 37.7 Å². The fraction of sp³-hybridized carbons (Fsp3) is 0.306. The molecule has 2 fully saturated rings. The number of thiophene rings is 1. The quantitative estimate of drug-likeness (QED) is 0.163. The van der Waals surface area contributed by atoms with Crippen molar-refractivity contribution in [1.82, 2.24) is 35.0 Å². The highest BCUT2D eigenvalue weighted by Gasteiger charge is 2.45. The van der Waals surface area contributed by atoms with Gasteiger partial charge in [-0.2, -0.15) is 9.78 Å². The number of anilines is 2. The Morgan fingerprint density at radius 1 is 0.840 bits per heavy atom. The molecule has 0 amide bonds. The summed E-state index contributed by atoms with van der Waals surface area (Å²) in [5.41, 5.74) is 4.61. The van der Waals surface area contributed by atoms with Crippen LogP contribution in [0.25, 0.3) is 5.69 Å². The minimum Gasteiger partial charge on any atom is -0.491 e. The molecule has 0 bridgehead atoms. The molecule has 50 heavy (non-hydrogen) atoms. The van der Waals surface area contributed by atoms with Gasteiger partial charge in [-0.3, -0.25) is 0 Å². The Balaban J connectivity index is 0.823. The molecule has 5 heterocycles. The highest BCUT2D eigenvalue weighted by Crippen LogP contribution is 2.41. The maximum atomic E-state index is 6.46. The van der Waals surface area contributed by atoms with Crippen molar-refractivity contribution >= 4 is 34.3 Å². The van der Waals surface area contributed by atoms with Crippen molar-refractivity contribution < 1.29 is 14.2 Å². The van der Waals surface area contributed by atoms with Crippen molar-refractivity contribution in [2.24, 2.45) is 0 Å². The number of tetrazole rings is 1. The lowest BCUT2D eigenvalue weighted by Gasteiger charge is -2.37. The van der Waals surface area contributed by atoms with Gasteiger partial charge in [0.2, 0.25) is 5.79 Å². The number of halogens is 1. The maximum Gasteiger partial charge on any atom is 0.225 e. The number of nitrogens with zero attached hydrogens (tertiary/aromatic N) is 9. The van der Waals surface area contributed by atoms with E-state index in [1.807, 2.05) is 35.0 Å². The van der Waals surface area contributed by atoms with Gasteiger partial charge in [0.15, 0.2) is 5.82 Å². The van der Waals surface area contributed by atoms with Crippen LogP contribution in [0.3, 0.4) is 0 Å². The van der Waals surface area contributed by atoms with Crippen molar-refractivity contribution in [3.8, 4) is 11.4 Å². The van der Waals surface area contributed by atoms with Gasteiger partial charge in [-0.25, -0.2) is 9.67 Å². The standard InChI is InChI=1S/C36H36ClN9O3S/c37-34-16-15-33(50-34)36(24-45-26-38-25-39-45)48-23-32(49-36)22-47-31-13-11-29(12-14-31)44-20-18-43(19-21-44)28-7-9-30(10-8-28)46-35(40-41-42-46)17-6-27-4-2-1-3-5-27/h1-5,7-16,25-26,32H,6,17-24H2. The molecular formula is C36H36ClN9O3S. The molecule has 0 N–H and O–H groups in total. The summed E-state index contributed by atoms with van der Waals surface area (Å²) in [6.07, 6.45) is 4.56. The minimum atomic E-state index is -0.992. The zero-order chi connectivity index (χ0) is 33.8. The molecule has 2 aliphatic rings. The van der Waals surface area contributed by atoms with Crippen molar-refractivity contribution in [1.29, 1.82) is 0 Å². The molecule has 0 saturated carbocycles. The van der Waals surface area contributed by atoms with Gasteiger partial charge in [-0.05, 0) is 83.1 Å². The van der Waals surface area contributed by atoms with E-state index in [1.165, 1.54) is 34.6 Å². The number of hydrogen-bond acceptors (Lipinski definition) is 11. The summed E-state index contributed by atoms with van der Waals surface area (Å²) >= 11 is 7.68. The number of ether oxygens (including phenoxy) is 3. The van der Waals surface area contributed by atoms with Crippen LogP contribution in [0.1, 0.15) is 16.3 Å². The lowest BCUT2D eigenvalue weighted by atomic mass is 10.1. The summed E-state index contributed by atoms with van der Waals surface area (Å²) in [5.74, 6) is 0.651. The Hall–Kier alpha value is -4.82. The smallest absolute Gasteiger partial charge is 0.225 e. The number of benzene rings is 3. The van der Waals surface area contributed by atoms with Crippen LogP contribution >= 0.6 is 22.9 Å². The summed E-state index contributed by atoms with van der Waals surface area (Å²) in [6.45, 7) is 4.81. The number of hydrogen-bond donors (Lipinski definition) is 0. The zero-order valence-corrected chi connectivity index (χ0v) is 28.9. The lowest BCUT2D eigenvalue weighted by molar-refractivity contribution is -0.188. The molecule has 2 unspecified atom stereocenters. The highest BCUT2D eigenvalue weighted by molar-refractivity contribution is 7.16. The Morgan fingerprint density at radius 2 is 1.56 bits per heavy atom. The number of aryl methyl sites for hydroxylation is 2. The molecule has 14 heteroatoms. The van der Waals surface area contributed by atoms with Crippen LogP contribution in [0.2, 0.25) is 4.34 Å². The van der Waals surface area contributed by atoms with Gasteiger partial charge in [-0.1, -0.05) is 41.9 Å².